The van der Waals surface area contributed by atoms with Crippen molar-refractivity contribution in [2.75, 3.05) is 0 Å². The van der Waals surface area contributed by atoms with Gasteiger partial charge in [-0.2, -0.15) is 12.6 Å². The second kappa shape index (κ2) is 4.66. The minimum absolute atomic E-state index is 0.175. The van der Waals surface area contributed by atoms with E-state index in [4.69, 9.17) is 0 Å². The summed E-state index contributed by atoms with van der Waals surface area (Å²) in [6.07, 6.45) is 5.29. The predicted octanol–water partition coefficient (Wildman–Crippen LogP) is 1.77. The number of amides is 2. The summed E-state index contributed by atoms with van der Waals surface area (Å²) in [5, 5.41) is -0.516. The third-order valence-corrected chi connectivity index (χ3v) is 3.12. The molecule has 1 saturated heterocycles. The number of imide groups is 1. The van der Waals surface area contributed by atoms with E-state index in [1.807, 2.05) is 6.92 Å². The highest BCUT2D eigenvalue weighted by Crippen LogP contribution is 2.27. The van der Waals surface area contributed by atoms with Crippen molar-refractivity contribution in [2.24, 2.45) is 5.92 Å². The molecule has 1 rings (SSSR count). The molecule has 2 unspecified atom stereocenters. The third-order valence-electron chi connectivity index (χ3n) is 2.45. The van der Waals surface area contributed by atoms with E-state index in [2.05, 4.69) is 12.6 Å². The second-order valence-corrected chi connectivity index (χ2v) is 4.02. The number of thiol groups is 1. The van der Waals surface area contributed by atoms with Gasteiger partial charge in [0.25, 0.3) is 0 Å². The van der Waals surface area contributed by atoms with Gasteiger partial charge in [0, 0.05) is 5.70 Å². The monoisotopic (exact) mass is 225 g/mol. The standard InChI is InChI=1S/C11H15NO2S/c1-4-6-8(5-2)12-10(13)7(3)9(15)11(12)14/h4-7,9,15H,1-3H3/b6-4-,8-5+. The largest absolute Gasteiger partial charge is 0.274 e. The number of carbonyl (C=O) groups is 2. The van der Waals surface area contributed by atoms with Gasteiger partial charge in [0.2, 0.25) is 11.8 Å². The van der Waals surface area contributed by atoms with Crippen molar-refractivity contribution < 1.29 is 9.59 Å². The molecule has 4 heteroatoms. The van der Waals surface area contributed by atoms with Gasteiger partial charge in [0.1, 0.15) is 0 Å². The van der Waals surface area contributed by atoms with Crippen LogP contribution in [-0.2, 0) is 9.59 Å². The number of hydrogen-bond acceptors (Lipinski definition) is 3. The summed E-state index contributed by atoms with van der Waals surface area (Å²) >= 11 is 4.14. The molecule has 0 aliphatic carbocycles. The summed E-state index contributed by atoms with van der Waals surface area (Å²) in [5.74, 6) is -0.755. The summed E-state index contributed by atoms with van der Waals surface area (Å²) in [6, 6.07) is 0. The Hall–Kier alpha value is -1.03. The number of hydrogen-bond donors (Lipinski definition) is 1. The maximum Gasteiger partial charge on any atom is 0.247 e. The molecule has 82 valence electrons. The topological polar surface area (TPSA) is 37.4 Å². The summed E-state index contributed by atoms with van der Waals surface area (Å²) in [5.41, 5.74) is 0.621. The molecule has 0 spiro atoms. The Kier molecular flexibility index (Phi) is 3.74. The lowest BCUT2D eigenvalue weighted by molar-refractivity contribution is -0.136. The van der Waals surface area contributed by atoms with Crippen molar-refractivity contribution in [3.63, 3.8) is 0 Å². The lowest BCUT2D eigenvalue weighted by atomic mass is 10.1. The van der Waals surface area contributed by atoms with Crippen LogP contribution in [0.4, 0.5) is 0 Å². The van der Waals surface area contributed by atoms with Gasteiger partial charge in [0.05, 0.1) is 11.2 Å². The fourth-order valence-corrected chi connectivity index (χ4v) is 1.76. The van der Waals surface area contributed by atoms with E-state index in [1.165, 1.54) is 4.90 Å². The van der Waals surface area contributed by atoms with Gasteiger partial charge in [-0.3, -0.25) is 9.59 Å². The Labute approximate surface area is 95.2 Å². The van der Waals surface area contributed by atoms with Crippen molar-refractivity contribution in [3.8, 4) is 0 Å². The van der Waals surface area contributed by atoms with Crippen LogP contribution in [0.25, 0.3) is 0 Å². The molecule has 1 heterocycles. The van der Waals surface area contributed by atoms with Gasteiger partial charge in [-0.25, -0.2) is 4.90 Å². The molecule has 0 N–H and O–H groups in total. The predicted molar refractivity (Wildman–Crippen MR) is 62.4 cm³/mol. The van der Waals surface area contributed by atoms with Gasteiger partial charge in [-0.05, 0) is 19.9 Å². The Morgan fingerprint density at radius 2 is 1.93 bits per heavy atom. The van der Waals surface area contributed by atoms with Crippen molar-refractivity contribution in [3.05, 3.63) is 23.9 Å². The third kappa shape index (κ3) is 2.00. The van der Waals surface area contributed by atoms with Crippen LogP contribution in [0.5, 0.6) is 0 Å². The molecule has 2 amide bonds. The fourth-order valence-electron chi connectivity index (χ4n) is 1.52. The van der Waals surface area contributed by atoms with Gasteiger partial charge in [-0.1, -0.05) is 19.1 Å². The maximum atomic E-state index is 11.8. The van der Waals surface area contributed by atoms with Gasteiger partial charge < -0.3 is 0 Å². The zero-order valence-corrected chi connectivity index (χ0v) is 9.99. The van der Waals surface area contributed by atoms with Crippen LogP contribution in [0.1, 0.15) is 20.8 Å². The van der Waals surface area contributed by atoms with Crippen LogP contribution in [0.15, 0.2) is 23.9 Å². The molecule has 0 aromatic rings. The van der Waals surface area contributed by atoms with Crippen LogP contribution < -0.4 is 0 Å². The molecule has 0 saturated carbocycles. The van der Waals surface area contributed by atoms with Crippen LogP contribution in [-0.4, -0.2) is 22.0 Å². The highest BCUT2D eigenvalue weighted by molar-refractivity contribution is 7.82. The Morgan fingerprint density at radius 1 is 1.33 bits per heavy atom. The normalized spacial score (nSPS) is 28.3. The number of carbonyl (C=O) groups excluding carboxylic acids is 2. The molecule has 3 nitrogen and oxygen atoms in total. The van der Waals surface area contributed by atoms with Gasteiger partial charge in [-0.15, -0.1) is 0 Å². The molecule has 1 aliphatic heterocycles. The van der Waals surface area contributed by atoms with Crippen LogP contribution in [0.3, 0.4) is 0 Å². The molecule has 0 radical (unpaired) electrons. The molecular formula is C11H15NO2S. The number of allylic oxidation sites excluding steroid dienone is 3. The van der Waals surface area contributed by atoms with E-state index in [9.17, 15) is 9.59 Å². The van der Waals surface area contributed by atoms with E-state index in [0.717, 1.165) is 0 Å². The average Bonchev–Trinajstić information content (AvgIpc) is 2.41. The molecule has 0 aromatic heterocycles. The van der Waals surface area contributed by atoms with Crippen molar-refractivity contribution in [1.29, 1.82) is 0 Å². The number of likely N-dealkylation sites (tertiary alicyclic amines) is 1. The van der Waals surface area contributed by atoms with E-state index in [0.29, 0.717) is 5.70 Å². The van der Waals surface area contributed by atoms with Crippen LogP contribution in [0.2, 0.25) is 0 Å². The quantitative estimate of drug-likeness (QED) is 0.442. The van der Waals surface area contributed by atoms with E-state index >= 15 is 0 Å². The highest BCUT2D eigenvalue weighted by atomic mass is 32.1. The minimum atomic E-state index is -0.516. The summed E-state index contributed by atoms with van der Waals surface area (Å²) in [4.78, 5) is 24.7. The zero-order chi connectivity index (χ0) is 11.6. The first kappa shape index (κ1) is 12.0. The summed E-state index contributed by atoms with van der Waals surface area (Å²) in [7, 11) is 0. The van der Waals surface area contributed by atoms with Crippen LogP contribution >= 0.6 is 12.6 Å². The molecule has 15 heavy (non-hydrogen) atoms. The fraction of sp³-hybridized carbons (Fsp3) is 0.455. The SMILES string of the molecule is C/C=C\C(=C/C)N1C(=O)C(C)C(S)C1=O. The smallest absolute Gasteiger partial charge is 0.247 e. The lowest BCUT2D eigenvalue weighted by Crippen LogP contribution is -2.29. The summed E-state index contributed by atoms with van der Waals surface area (Å²) < 4.78 is 0. The second-order valence-electron chi connectivity index (χ2n) is 3.46. The Balaban J connectivity index is 3.06. The van der Waals surface area contributed by atoms with Crippen molar-refractivity contribution in [2.45, 2.75) is 26.0 Å². The maximum absolute atomic E-state index is 11.8. The first-order chi connectivity index (χ1) is 7.04. The minimum Gasteiger partial charge on any atom is -0.274 e. The number of rotatable bonds is 2. The molecule has 1 aliphatic rings. The lowest BCUT2D eigenvalue weighted by Gasteiger charge is -2.14. The van der Waals surface area contributed by atoms with Crippen molar-refractivity contribution >= 4 is 24.4 Å². The zero-order valence-electron chi connectivity index (χ0n) is 9.10. The van der Waals surface area contributed by atoms with E-state index in [1.54, 1.807) is 32.1 Å². The first-order valence-corrected chi connectivity index (χ1v) is 5.41. The van der Waals surface area contributed by atoms with Crippen molar-refractivity contribution in [1.82, 2.24) is 4.90 Å². The highest BCUT2D eigenvalue weighted by Gasteiger charge is 2.43. The van der Waals surface area contributed by atoms with E-state index < -0.39 is 5.25 Å². The average molecular weight is 225 g/mol. The molecule has 1 fully saturated rings. The number of nitrogens with zero attached hydrogens (tertiary/aromatic N) is 1. The molecule has 0 aromatic carbocycles. The van der Waals surface area contributed by atoms with Gasteiger partial charge >= 0.3 is 0 Å². The van der Waals surface area contributed by atoms with E-state index in [-0.39, 0.29) is 17.7 Å². The summed E-state index contributed by atoms with van der Waals surface area (Å²) in [6.45, 7) is 5.36. The molecule has 2 atom stereocenters. The first-order valence-electron chi connectivity index (χ1n) is 4.89. The Morgan fingerprint density at radius 3 is 2.27 bits per heavy atom. The molecular weight excluding hydrogens is 210 g/mol. The van der Waals surface area contributed by atoms with Crippen LogP contribution in [0, 0.1) is 5.92 Å². The molecule has 0 bridgehead atoms. The Bertz CT molecular complexity index is 326. The van der Waals surface area contributed by atoms with Gasteiger partial charge in [0.15, 0.2) is 0 Å².